The minimum absolute atomic E-state index is 0.638. The SMILES string of the molecule is Cc1ccc(N(CCCN)C2CCCC2)nn1. The highest BCUT2D eigenvalue weighted by molar-refractivity contribution is 5.39. The molecule has 1 aliphatic carbocycles. The molecule has 1 aromatic rings. The average Bonchev–Trinajstić information content (AvgIpc) is 2.85. The van der Waals surface area contributed by atoms with Crippen LogP contribution >= 0.6 is 0 Å². The van der Waals surface area contributed by atoms with E-state index in [4.69, 9.17) is 5.73 Å². The first kappa shape index (κ1) is 12.3. The summed E-state index contributed by atoms with van der Waals surface area (Å²) in [7, 11) is 0. The van der Waals surface area contributed by atoms with E-state index in [0.29, 0.717) is 6.04 Å². The molecule has 0 atom stereocenters. The molecule has 0 aromatic carbocycles. The molecule has 17 heavy (non-hydrogen) atoms. The Morgan fingerprint density at radius 2 is 2.06 bits per heavy atom. The van der Waals surface area contributed by atoms with Crippen LogP contribution in [0.25, 0.3) is 0 Å². The Balaban J connectivity index is 2.10. The molecule has 1 fully saturated rings. The number of rotatable bonds is 5. The van der Waals surface area contributed by atoms with Gasteiger partial charge in [0.1, 0.15) is 0 Å². The van der Waals surface area contributed by atoms with Crippen molar-refractivity contribution in [1.82, 2.24) is 10.2 Å². The van der Waals surface area contributed by atoms with Crippen molar-refractivity contribution in [1.29, 1.82) is 0 Å². The van der Waals surface area contributed by atoms with E-state index in [1.54, 1.807) is 0 Å². The van der Waals surface area contributed by atoms with Crippen LogP contribution in [0.15, 0.2) is 12.1 Å². The van der Waals surface area contributed by atoms with Crippen molar-refractivity contribution < 1.29 is 0 Å². The van der Waals surface area contributed by atoms with Crippen molar-refractivity contribution in [2.45, 2.75) is 45.1 Å². The summed E-state index contributed by atoms with van der Waals surface area (Å²) in [6.07, 6.45) is 6.25. The van der Waals surface area contributed by atoms with Crippen LogP contribution in [-0.4, -0.2) is 29.3 Å². The maximum absolute atomic E-state index is 5.61. The molecule has 1 heterocycles. The number of nitrogens with two attached hydrogens (primary N) is 1. The Kier molecular flexibility index (Phi) is 4.31. The Labute approximate surface area is 103 Å². The van der Waals surface area contributed by atoms with Crippen LogP contribution in [0.3, 0.4) is 0 Å². The topological polar surface area (TPSA) is 55.0 Å². The lowest BCUT2D eigenvalue weighted by Gasteiger charge is -2.29. The Hall–Kier alpha value is -1.16. The predicted octanol–water partition coefficient (Wildman–Crippen LogP) is 1.88. The molecule has 0 radical (unpaired) electrons. The Bertz CT molecular complexity index is 330. The molecule has 1 aromatic heterocycles. The van der Waals surface area contributed by atoms with Crippen LogP contribution in [0.4, 0.5) is 5.82 Å². The summed E-state index contributed by atoms with van der Waals surface area (Å²) < 4.78 is 0. The van der Waals surface area contributed by atoms with E-state index < -0.39 is 0 Å². The smallest absolute Gasteiger partial charge is 0.151 e. The molecule has 94 valence electrons. The summed E-state index contributed by atoms with van der Waals surface area (Å²) in [6, 6.07) is 4.75. The minimum Gasteiger partial charge on any atom is -0.352 e. The molecule has 2 rings (SSSR count). The number of anilines is 1. The molecule has 0 spiro atoms. The second-order valence-corrected chi connectivity index (χ2v) is 4.81. The molecular weight excluding hydrogens is 212 g/mol. The van der Waals surface area contributed by atoms with E-state index in [0.717, 1.165) is 31.0 Å². The zero-order valence-corrected chi connectivity index (χ0v) is 10.6. The van der Waals surface area contributed by atoms with E-state index in [1.165, 1.54) is 25.7 Å². The van der Waals surface area contributed by atoms with Gasteiger partial charge in [-0.2, -0.15) is 5.10 Å². The Morgan fingerprint density at radius 3 is 2.65 bits per heavy atom. The van der Waals surface area contributed by atoms with Gasteiger partial charge in [0.15, 0.2) is 5.82 Å². The largest absolute Gasteiger partial charge is 0.352 e. The fourth-order valence-electron chi connectivity index (χ4n) is 2.51. The van der Waals surface area contributed by atoms with Crippen LogP contribution in [0, 0.1) is 6.92 Å². The highest BCUT2D eigenvalue weighted by Crippen LogP contribution is 2.26. The second-order valence-electron chi connectivity index (χ2n) is 4.81. The molecule has 1 aliphatic rings. The summed E-state index contributed by atoms with van der Waals surface area (Å²) in [5.41, 5.74) is 6.59. The van der Waals surface area contributed by atoms with E-state index in [-0.39, 0.29) is 0 Å². The first-order chi connectivity index (χ1) is 8.31. The maximum Gasteiger partial charge on any atom is 0.151 e. The molecule has 4 nitrogen and oxygen atoms in total. The van der Waals surface area contributed by atoms with E-state index >= 15 is 0 Å². The molecular formula is C13H22N4. The molecule has 0 aliphatic heterocycles. The quantitative estimate of drug-likeness (QED) is 0.845. The Morgan fingerprint density at radius 1 is 1.29 bits per heavy atom. The average molecular weight is 234 g/mol. The summed E-state index contributed by atoms with van der Waals surface area (Å²) in [6.45, 7) is 3.71. The van der Waals surface area contributed by atoms with Crippen molar-refractivity contribution in [2.75, 3.05) is 18.0 Å². The summed E-state index contributed by atoms with van der Waals surface area (Å²) in [5.74, 6) is 1.01. The normalized spacial score (nSPS) is 16.4. The van der Waals surface area contributed by atoms with Gasteiger partial charge in [-0.15, -0.1) is 5.10 Å². The van der Waals surface area contributed by atoms with Crippen molar-refractivity contribution in [2.24, 2.45) is 5.73 Å². The third-order valence-corrected chi connectivity index (χ3v) is 3.45. The highest BCUT2D eigenvalue weighted by Gasteiger charge is 2.23. The zero-order chi connectivity index (χ0) is 12.1. The van der Waals surface area contributed by atoms with E-state index in [2.05, 4.69) is 21.2 Å². The third kappa shape index (κ3) is 3.16. The molecule has 1 saturated carbocycles. The van der Waals surface area contributed by atoms with Crippen LogP contribution in [0.2, 0.25) is 0 Å². The van der Waals surface area contributed by atoms with Gasteiger partial charge in [-0.3, -0.25) is 0 Å². The third-order valence-electron chi connectivity index (χ3n) is 3.45. The lowest BCUT2D eigenvalue weighted by atomic mass is 10.2. The van der Waals surface area contributed by atoms with Crippen molar-refractivity contribution in [3.05, 3.63) is 17.8 Å². The maximum atomic E-state index is 5.61. The highest BCUT2D eigenvalue weighted by atomic mass is 15.3. The number of hydrogen-bond acceptors (Lipinski definition) is 4. The van der Waals surface area contributed by atoms with Gasteiger partial charge in [0.2, 0.25) is 0 Å². The number of hydrogen-bond donors (Lipinski definition) is 1. The predicted molar refractivity (Wildman–Crippen MR) is 70.0 cm³/mol. The first-order valence-corrected chi connectivity index (χ1v) is 6.58. The summed E-state index contributed by atoms with van der Waals surface area (Å²) >= 11 is 0. The van der Waals surface area contributed by atoms with Gasteiger partial charge in [0.25, 0.3) is 0 Å². The number of nitrogens with zero attached hydrogens (tertiary/aromatic N) is 3. The van der Waals surface area contributed by atoms with Crippen molar-refractivity contribution in [3.8, 4) is 0 Å². The molecule has 4 heteroatoms. The zero-order valence-electron chi connectivity index (χ0n) is 10.6. The standard InChI is InChI=1S/C13H22N4/c1-11-7-8-13(16-15-11)17(10-4-9-14)12-5-2-3-6-12/h7-8,12H,2-6,9-10,14H2,1H3. The van der Waals surface area contributed by atoms with Crippen molar-refractivity contribution >= 4 is 5.82 Å². The van der Waals surface area contributed by atoms with Gasteiger partial charge in [0.05, 0.1) is 5.69 Å². The first-order valence-electron chi connectivity index (χ1n) is 6.58. The number of aryl methyl sites for hydroxylation is 1. The monoisotopic (exact) mass is 234 g/mol. The number of aromatic nitrogens is 2. The van der Waals surface area contributed by atoms with Crippen LogP contribution in [-0.2, 0) is 0 Å². The minimum atomic E-state index is 0.638. The van der Waals surface area contributed by atoms with Gasteiger partial charge < -0.3 is 10.6 Å². The lowest BCUT2D eigenvalue weighted by molar-refractivity contribution is 0.583. The van der Waals surface area contributed by atoms with Gasteiger partial charge in [-0.05, 0) is 44.9 Å². The van der Waals surface area contributed by atoms with Crippen LogP contribution < -0.4 is 10.6 Å². The summed E-state index contributed by atoms with van der Waals surface area (Å²) in [5, 5.41) is 8.47. The summed E-state index contributed by atoms with van der Waals surface area (Å²) in [4.78, 5) is 2.40. The fourth-order valence-corrected chi connectivity index (χ4v) is 2.51. The molecule has 2 N–H and O–H groups in total. The second kappa shape index (κ2) is 5.96. The van der Waals surface area contributed by atoms with Gasteiger partial charge >= 0.3 is 0 Å². The van der Waals surface area contributed by atoms with E-state index in [9.17, 15) is 0 Å². The molecule has 0 saturated heterocycles. The van der Waals surface area contributed by atoms with Gasteiger partial charge in [-0.25, -0.2) is 0 Å². The van der Waals surface area contributed by atoms with Crippen molar-refractivity contribution in [3.63, 3.8) is 0 Å². The lowest BCUT2D eigenvalue weighted by Crippen LogP contribution is -2.35. The van der Waals surface area contributed by atoms with Gasteiger partial charge in [-0.1, -0.05) is 12.8 Å². The van der Waals surface area contributed by atoms with Gasteiger partial charge in [0, 0.05) is 12.6 Å². The fraction of sp³-hybridized carbons (Fsp3) is 0.692. The molecule has 0 bridgehead atoms. The van der Waals surface area contributed by atoms with Crippen LogP contribution in [0.1, 0.15) is 37.8 Å². The van der Waals surface area contributed by atoms with E-state index in [1.807, 2.05) is 13.0 Å². The molecule has 0 unspecified atom stereocenters. The molecule has 0 amide bonds. The van der Waals surface area contributed by atoms with Crippen LogP contribution in [0.5, 0.6) is 0 Å².